The van der Waals surface area contributed by atoms with E-state index in [1.54, 1.807) is 16.2 Å². The van der Waals surface area contributed by atoms with Gasteiger partial charge in [0.25, 0.3) is 0 Å². The van der Waals surface area contributed by atoms with E-state index in [4.69, 9.17) is 16.6 Å². The van der Waals surface area contributed by atoms with Gasteiger partial charge in [0.2, 0.25) is 11.9 Å². The van der Waals surface area contributed by atoms with E-state index >= 15 is 0 Å². The van der Waals surface area contributed by atoms with E-state index in [0.29, 0.717) is 30.5 Å². The largest absolute Gasteiger partial charge is 0.342 e. The van der Waals surface area contributed by atoms with Crippen molar-refractivity contribution in [3.63, 3.8) is 0 Å². The third-order valence-corrected chi connectivity index (χ3v) is 6.30. The van der Waals surface area contributed by atoms with Crippen LogP contribution >= 0.6 is 22.9 Å². The molecule has 1 saturated carbocycles. The van der Waals surface area contributed by atoms with Crippen molar-refractivity contribution >= 4 is 39.1 Å². The first-order valence-corrected chi connectivity index (χ1v) is 9.20. The maximum absolute atomic E-state index is 12.3. The number of likely N-dealkylation sites (tertiary alicyclic amines) is 1. The summed E-state index contributed by atoms with van der Waals surface area (Å²) in [7, 11) is 0. The molecule has 2 aromatic rings. The number of amides is 1. The van der Waals surface area contributed by atoms with Gasteiger partial charge in [-0.05, 0) is 31.0 Å². The second-order valence-electron chi connectivity index (χ2n) is 6.46. The zero-order chi connectivity index (χ0) is 16.8. The molecule has 0 radical (unpaired) electrons. The van der Waals surface area contributed by atoms with E-state index < -0.39 is 12.0 Å². The summed E-state index contributed by atoms with van der Waals surface area (Å²) in [6.07, 6.45) is 2.11. The minimum Gasteiger partial charge on any atom is -0.342 e. The lowest BCUT2D eigenvalue weighted by Gasteiger charge is -2.31. The molecule has 0 spiro atoms. The fourth-order valence-electron chi connectivity index (χ4n) is 3.35. The fourth-order valence-corrected chi connectivity index (χ4v) is 4.64. The van der Waals surface area contributed by atoms with Gasteiger partial charge >= 0.3 is 0 Å². The summed E-state index contributed by atoms with van der Waals surface area (Å²) in [5, 5.41) is 12.5. The molecule has 4 rings (SSSR count). The van der Waals surface area contributed by atoms with Gasteiger partial charge in [-0.15, -0.1) is 11.3 Å². The Bertz CT molecular complexity index is 816. The van der Waals surface area contributed by atoms with Gasteiger partial charge in [0.1, 0.15) is 5.92 Å². The number of benzene rings is 1. The standard InChI is InChI=1S/C16H16ClN3O3S/c17-10-1-2-14-12(7-10)18-15(24-14)9-3-5-19(6-4-9)16(21)11-8-13(11)20(22)23/h1-2,7,9,11,13H,3-6,8H2. The summed E-state index contributed by atoms with van der Waals surface area (Å²) in [6, 6.07) is 5.07. The molecule has 6 nitrogen and oxygen atoms in total. The number of hydrogen-bond donors (Lipinski definition) is 0. The molecular formula is C16H16ClN3O3S. The second-order valence-corrected chi connectivity index (χ2v) is 7.96. The van der Waals surface area contributed by atoms with E-state index in [1.165, 1.54) is 0 Å². The van der Waals surface area contributed by atoms with Gasteiger partial charge in [-0.3, -0.25) is 14.9 Å². The maximum atomic E-state index is 12.3. The van der Waals surface area contributed by atoms with Crippen LogP contribution in [0.3, 0.4) is 0 Å². The highest BCUT2D eigenvalue weighted by atomic mass is 35.5. The van der Waals surface area contributed by atoms with Gasteiger partial charge in [-0.25, -0.2) is 4.98 Å². The molecular weight excluding hydrogens is 350 g/mol. The van der Waals surface area contributed by atoms with Crippen molar-refractivity contribution in [2.45, 2.75) is 31.2 Å². The third-order valence-electron chi connectivity index (χ3n) is 4.87. The van der Waals surface area contributed by atoms with Crippen molar-refractivity contribution < 1.29 is 9.72 Å². The lowest BCUT2D eigenvalue weighted by molar-refractivity contribution is -0.497. The van der Waals surface area contributed by atoms with Gasteiger partial charge in [-0.1, -0.05) is 11.6 Å². The number of nitro groups is 1. The summed E-state index contributed by atoms with van der Waals surface area (Å²) in [5.41, 5.74) is 0.924. The van der Waals surface area contributed by atoms with E-state index in [1.807, 2.05) is 18.2 Å². The summed E-state index contributed by atoms with van der Waals surface area (Å²) < 4.78 is 1.12. The van der Waals surface area contributed by atoms with Crippen LogP contribution in [0.1, 0.15) is 30.2 Å². The Morgan fingerprint density at radius 1 is 1.38 bits per heavy atom. The SMILES string of the molecule is O=C(C1CC1[N+](=O)[O-])N1CCC(c2nc3cc(Cl)ccc3s2)CC1. The minimum absolute atomic E-state index is 0.0498. The molecule has 0 bridgehead atoms. The zero-order valence-electron chi connectivity index (χ0n) is 12.9. The number of thiazole rings is 1. The fraction of sp³-hybridized carbons (Fsp3) is 0.500. The van der Waals surface area contributed by atoms with Gasteiger partial charge in [0.05, 0.1) is 15.2 Å². The maximum Gasteiger partial charge on any atom is 0.232 e. The molecule has 1 aromatic heterocycles. The molecule has 8 heteroatoms. The van der Waals surface area contributed by atoms with Crippen LogP contribution < -0.4 is 0 Å². The molecule has 1 amide bonds. The van der Waals surface area contributed by atoms with Crippen LogP contribution in [0.4, 0.5) is 0 Å². The molecule has 2 atom stereocenters. The lowest BCUT2D eigenvalue weighted by atomic mass is 9.97. The molecule has 1 saturated heterocycles. The number of carbonyl (C=O) groups excluding carboxylic acids is 1. The third kappa shape index (κ3) is 2.86. The first-order valence-electron chi connectivity index (χ1n) is 8.01. The van der Waals surface area contributed by atoms with Gasteiger partial charge in [0.15, 0.2) is 0 Å². The highest BCUT2D eigenvalue weighted by Crippen LogP contribution is 2.38. The summed E-state index contributed by atoms with van der Waals surface area (Å²) in [4.78, 5) is 29.2. The normalized spacial score (nSPS) is 24.3. The first-order chi connectivity index (χ1) is 11.5. The molecule has 1 aliphatic carbocycles. The Morgan fingerprint density at radius 2 is 2.12 bits per heavy atom. The Labute approximate surface area is 147 Å². The number of nitrogens with zero attached hydrogens (tertiary/aromatic N) is 3. The van der Waals surface area contributed by atoms with E-state index in [2.05, 4.69) is 0 Å². The van der Waals surface area contributed by atoms with E-state index in [0.717, 1.165) is 28.1 Å². The Hall–Kier alpha value is -1.73. The van der Waals surface area contributed by atoms with Crippen LogP contribution in [0.15, 0.2) is 18.2 Å². The number of rotatable bonds is 3. The number of hydrogen-bond acceptors (Lipinski definition) is 5. The lowest BCUT2D eigenvalue weighted by Crippen LogP contribution is -2.39. The molecule has 24 heavy (non-hydrogen) atoms. The number of piperidine rings is 1. The molecule has 2 unspecified atom stereocenters. The van der Waals surface area contributed by atoms with Crippen LogP contribution in [0.2, 0.25) is 5.02 Å². The van der Waals surface area contributed by atoms with Crippen molar-refractivity contribution in [2.75, 3.05) is 13.1 Å². The number of fused-ring (bicyclic) bond motifs is 1. The molecule has 1 aromatic carbocycles. The average Bonchev–Trinajstić information content (AvgIpc) is 3.27. The van der Waals surface area contributed by atoms with Crippen LogP contribution in [0, 0.1) is 16.0 Å². The molecule has 126 valence electrons. The molecule has 0 N–H and O–H groups in total. The van der Waals surface area contributed by atoms with Crippen molar-refractivity contribution in [3.8, 4) is 0 Å². The number of aromatic nitrogens is 1. The summed E-state index contributed by atoms with van der Waals surface area (Å²) >= 11 is 7.69. The second kappa shape index (κ2) is 5.97. The quantitative estimate of drug-likeness (QED) is 0.617. The molecule has 2 fully saturated rings. The van der Waals surface area contributed by atoms with Crippen LogP contribution in [-0.2, 0) is 4.79 Å². The average molecular weight is 366 g/mol. The number of carbonyl (C=O) groups is 1. The highest BCUT2D eigenvalue weighted by Gasteiger charge is 2.54. The van der Waals surface area contributed by atoms with Crippen molar-refractivity contribution in [1.82, 2.24) is 9.88 Å². The van der Waals surface area contributed by atoms with E-state index in [-0.39, 0.29) is 10.8 Å². The predicted molar refractivity (Wildman–Crippen MR) is 92.1 cm³/mol. The van der Waals surface area contributed by atoms with Crippen LogP contribution in [-0.4, -0.2) is 39.8 Å². The van der Waals surface area contributed by atoms with Gasteiger partial charge < -0.3 is 4.90 Å². The van der Waals surface area contributed by atoms with Crippen molar-refractivity contribution in [3.05, 3.63) is 38.3 Å². The van der Waals surface area contributed by atoms with Crippen molar-refractivity contribution in [2.24, 2.45) is 5.92 Å². The van der Waals surface area contributed by atoms with Gasteiger partial charge in [0, 0.05) is 35.4 Å². The monoisotopic (exact) mass is 365 g/mol. The van der Waals surface area contributed by atoms with Crippen LogP contribution in [0.25, 0.3) is 10.2 Å². The minimum atomic E-state index is -0.663. The van der Waals surface area contributed by atoms with E-state index in [9.17, 15) is 14.9 Å². The highest BCUT2D eigenvalue weighted by molar-refractivity contribution is 7.18. The summed E-state index contributed by atoms with van der Waals surface area (Å²) in [5.74, 6) is -0.108. The van der Waals surface area contributed by atoms with Gasteiger partial charge in [-0.2, -0.15) is 0 Å². The smallest absolute Gasteiger partial charge is 0.232 e. The predicted octanol–water partition coefficient (Wildman–Crippen LogP) is 3.32. The molecule has 1 aliphatic heterocycles. The Kier molecular flexibility index (Phi) is 3.92. The number of halogens is 1. The Balaban J connectivity index is 1.40. The molecule has 2 aliphatic rings. The van der Waals surface area contributed by atoms with Crippen LogP contribution in [0.5, 0.6) is 0 Å². The van der Waals surface area contributed by atoms with Crippen molar-refractivity contribution in [1.29, 1.82) is 0 Å². The topological polar surface area (TPSA) is 76.3 Å². The Morgan fingerprint density at radius 3 is 2.79 bits per heavy atom. The first kappa shape index (κ1) is 15.8. The zero-order valence-corrected chi connectivity index (χ0v) is 14.4. The summed E-state index contributed by atoms with van der Waals surface area (Å²) in [6.45, 7) is 1.31. The molecule has 2 heterocycles.